The average molecular weight is 444 g/mol. The number of hydrogen-bond acceptors (Lipinski definition) is 3. The Kier molecular flexibility index (Phi) is 5.79. The molecule has 3 rings (SSSR count). The predicted molar refractivity (Wildman–Crippen MR) is 99.3 cm³/mol. The van der Waals surface area contributed by atoms with Gasteiger partial charge in [0.25, 0.3) is 6.43 Å². The molecule has 31 heavy (non-hydrogen) atoms. The number of carboxylic acid groups (broad SMARTS) is 1. The van der Waals surface area contributed by atoms with E-state index in [1.807, 2.05) is 0 Å². The number of benzene rings is 1. The smallest absolute Gasteiger partial charge is 0.420 e. The molecule has 0 aliphatic rings. The molecule has 0 spiro atoms. The molecule has 166 valence electrons. The molecule has 2 heterocycles. The molecular weight excluding hydrogens is 427 g/mol. The van der Waals surface area contributed by atoms with Crippen LogP contribution in [0.25, 0.3) is 11.3 Å². The monoisotopic (exact) mass is 444 g/mol. The predicted octanol–water partition coefficient (Wildman–Crippen LogP) is 5.01. The van der Waals surface area contributed by atoms with Crippen LogP contribution in [0, 0.1) is 6.92 Å². The van der Waals surface area contributed by atoms with Gasteiger partial charge in [0, 0.05) is 22.5 Å². The number of halogens is 5. The summed E-state index contributed by atoms with van der Waals surface area (Å²) in [6.45, 7) is 2.23. The second kappa shape index (κ2) is 8.05. The Morgan fingerprint density at radius 1 is 1.23 bits per heavy atom. The molecule has 0 aliphatic carbocycles. The Balaban J connectivity index is 2.11. The molecule has 2 aromatic heterocycles. The van der Waals surface area contributed by atoms with E-state index >= 15 is 0 Å². The summed E-state index contributed by atoms with van der Waals surface area (Å²) in [7, 11) is 0. The molecular formula is C20H17F5N2O4. The van der Waals surface area contributed by atoms with Crippen LogP contribution in [0.5, 0.6) is 0 Å². The van der Waals surface area contributed by atoms with Gasteiger partial charge in [0.05, 0.1) is 23.4 Å². The van der Waals surface area contributed by atoms with E-state index in [2.05, 4.69) is 4.98 Å². The van der Waals surface area contributed by atoms with E-state index in [1.165, 1.54) is 19.1 Å². The van der Waals surface area contributed by atoms with Gasteiger partial charge in [-0.3, -0.25) is 4.57 Å². The van der Waals surface area contributed by atoms with Crippen molar-refractivity contribution in [2.75, 3.05) is 0 Å². The summed E-state index contributed by atoms with van der Waals surface area (Å²) in [5.41, 5.74) is -2.67. The van der Waals surface area contributed by atoms with Crippen molar-refractivity contribution in [1.82, 2.24) is 9.55 Å². The second-order valence-corrected chi connectivity index (χ2v) is 6.79. The minimum Gasteiger partial charge on any atom is -0.478 e. The lowest BCUT2D eigenvalue weighted by Crippen LogP contribution is -2.21. The molecule has 0 radical (unpaired) electrons. The Bertz CT molecular complexity index is 1170. The van der Waals surface area contributed by atoms with Crippen LogP contribution in [0.1, 0.15) is 51.9 Å². The Hall–Kier alpha value is -3.37. The first-order chi connectivity index (χ1) is 14.5. The molecule has 0 aliphatic heterocycles. The lowest BCUT2D eigenvalue weighted by Gasteiger charge is -2.11. The van der Waals surface area contributed by atoms with Crippen molar-refractivity contribution in [3.05, 3.63) is 68.6 Å². The van der Waals surface area contributed by atoms with Gasteiger partial charge < -0.3 is 14.5 Å². The van der Waals surface area contributed by atoms with Gasteiger partial charge >= 0.3 is 17.9 Å². The maximum absolute atomic E-state index is 13.6. The molecule has 3 aromatic rings. The van der Waals surface area contributed by atoms with E-state index in [-0.39, 0.29) is 29.1 Å². The third kappa shape index (κ3) is 4.12. The second-order valence-electron chi connectivity index (χ2n) is 6.79. The number of aryl methyl sites for hydroxylation is 1. The first-order valence-electron chi connectivity index (χ1n) is 9.08. The summed E-state index contributed by atoms with van der Waals surface area (Å²) in [5.74, 6) is -2.66. The van der Waals surface area contributed by atoms with Crippen molar-refractivity contribution in [2.24, 2.45) is 0 Å². The standard InChI is InChI=1S/C20H17F5N2O4/c1-3-13-16(10-4-6-11(7-5-10)17(21)22)31-19(30)27(13)8-12-15(20(23,24)25)14(18(28)29)9(2)26-12/h4-7,17,26H,3,8H2,1-2H3,(H,28,29). The van der Waals surface area contributed by atoms with Crippen LogP contribution < -0.4 is 5.76 Å². The summed E-state index contributed by atoms with van der Waals surface area (Å²) in [6.07, 6.45) is -7.47. The van der Waals surface area contributed by atoms with Crippen LogP contribution >= 0.6 is 0 Å². The molecule has 1 aromatic carbocycles. The summed E-state index contributed by atoms with van der Waals surface area (Å²) in [5, 5.41) is 9.20. The number of nitrogens with one attached hydrogen (secondary N) is 1. The first kappa shape index (κ1) is 22.3. The van der Waals surface area contributed by atoms with E-state index < -0.39 is 47.7 Å². The van der Waals surface area contributed by atoms with E-state index in [0.717, 1.165) is 16.7 Å². The number of aromatic carboxylic acids is 1. The minimum absolute atomic E-state index is 0.0450. The largest absolute Gasteiger partial charge is 0.478 e. The minimum atomic E-state index is -4.97. The van der Waals surface area contributed by atoms with Crippen molar-refractivity contribution >= 4 is 5.97 Å². The zero-order valence-electron chi connectivity index (χ0n) is 16.3. The highest BCUT2D eigenvalue weighted by Crippen LogP contribution is 2.37. The van der Waals surface area contributed by atoms with Gasteiger partial charge in [0.15, 0.2) is 5.76 Å². The van der Waals surface area contributed by atoms with E-state index in [9.17, 15) is 36.6 Å². The number of carboxylic acids is 1. The van der Waals surface area contributed by atoms with Crippen LogP contribution in [0.15, 0.2) is 33.5 Å². The number of hydrogen-bond donors (Lipinski definition) is 2. The Morgan fingerprint density at radius 2 is 1.84 bits per heavy atom. The molecule has 0 unspecified atom stereocenters. The number of rotatable bonds is 6. The van der Waals surface area contributed by atoms with Crippen LogP contribution in [0.3, 0.4) is 0 Å². The molecule has 0 atom stereocenters. The number of nitrogens with zero attached hydrogens (tertiary/aromatic N) is 1. The number of aromatic amines is 1. The van der Waals surface area contributed by atoms with Crippen molar-refractivity contribution in [3.63, 3.8) is 0 Å². The first-order valence-corrected chi connectivity index (χ1v) is 9.08. The van der Waals surface area contributed by atoms with Crippen LogP contribution in [0.4, 0.5) is 22.0 Å². The van der Waals surface area contributed by atoms with Crippen LogP contribution in [-0.2, 0) is 19.1 Å². The fraction of sp³-hybridized carbons (Fsp3) is 0.300. The third-order valence-corrected chi connectivity index (χ3v) is 4.84. The number of carbonyl (C=O) groups is 1. The van der Waals surface area contributed by atoms with Crippen LogP contribution in [-0.4, -0.2) is 20.6 Å². The molecule has 2 N–H and O–H groups in total. The number of aromatic nitrogens is 2. The van der Waals surface area contributed by atoms with Gasteiger partial charge in [-0.05, 0) is 13.3 Å². The summed E-state index contributed by atoms with van der Waals surface area (Å²) in [4.78, 5) is 26.2. The third-order valence-electron chi connectivity index (χ3n) is 4.84. The maximum atomic E-state index is 13.6. The fourth-order valence-corrected chi connectivity index (χ4v) is 3.50. The van der Waals surface area contributed by atoms with Gasteiger partial charge in [-0.2, -0.15) is 13.2 Å². The van der Waals surface area contributed by atoms with Gasteiger partial charge in [0.2, 0.25) is 0 Å². The Morgan fingerprint density at radius 3 is 2.32 bits per heavy atom. The normalized spacial score (nSPS) is 12.0. The fourth-order valence-electron chi connectivity index (χ4n) is 3.50. The van der Waals surface area contributed by atoms with Crippen molar-refractivity contribution in [1.29, 1.82) is 0 Å². The summed E-state index contributed by atoms with van der Waals surface area (Å²) >= 11 is 0. The van der Waals surface area contributed by atoms with Crippen LogP contribution in [0.2, 0.25) is 0 Å². The van der Waals surface area contributed by atoms with E-state index in [0.29, 0.717) is 5.56 Å². The molecule has 6 nitrogen and oxygen atoms in total. The van der Waals surface area contributed by atoms with Gasteiger partial charge in [-0.1, -0.05) is 31.2 Å². The highest BCUT2D eigenvalue weighted by atomic mass is 19.4. The summed E-state index contributed by atoms with van der Waals surface area (Å²) in [6, 6.07) is 4.97. The molecule has 0 saturated heterocycles. The quantitative estimate of drug-likeness (QED) is 0.523. The number of H-pyrrole nitrogens is 1. The number of alkyl halides is 5. The zero-order valence-corrected chi connectivity index (χ0v) is 16.3. The SMILES string of the molecule is CCc1c(-c2ccc(C(F)F)cc2)oc(=O)n1Cc1[nH]c(C)c(C(=O)O)c1C(F)(F)F. The number of oxazole rings is 1. The van der Waals surface area contributed by atoms with Crippen molar-refractivity contribution in [3.8, 4) is 11.3 Å². The average Bonchev–Trinajstić information content (AvgIpc) is 3.18. The molecule has 11 heteroatoms. The highest BCUT2D eigenvalue weighted by Gasteiger charge is 2.41. The Labute approximate surface area is 171 Å². The van der Waals surface area contributed by atoms with Gasteiger partial charge in [-0.15, -0.1) is 0 Å². The molecule has 0 bridgehead atoms. The lowest BCUT2D eigenvalue weighted by molar-refractivity contribution is -0.138. The van der Waals surface area contributed by atoms with Gasteiger partial charge in [0.1, 0.15) is 0 Å². The van der Waals surface area contributed by atoms with E-state index in [4.69, 9.17) is 4.42 Å². The van der Waals surface area contributed by atoms with Crippen molar-refractivity contribution in [2.45, 2.75) is 39.4 Å². The molecule has 0 fully saturated rings. The highest BCUT2D eigenvalue weighted by molar-refractivity contribution is 5.91. The zero-order chi connectivity index (χ0) is 23.1. The van der Waals surface area contributed by atoms with E-state index in [1.54, 1.807) is 6.92 Å². The molecule has 0 saturated carbocycles. The van der Waals surface area contributed by atoms with Gasteiger partial charge in [-0.25, -0.2) is 18.4 Å². The maximum Gasteiger partial charge on any atom is 0.420 e. The summed E-state index contributed by atoms with van der Waals surface area (Å²) < 4.78 is 72.5. The van der Waals surface area contributed by atoms with Crippen molar-refractivity contribution < 1.29 is 36.3 Å². The molecule has 0 amide bonds. The topological polar surface area (TPSA) is 88.2 Å². The lowest BCUT2D eigenvalue weighted by atomic mass is 10.1.